The molecule has 0 spiro atoms. The highest BCUT2D eigenvalue weighted by molar-refractivity contribution is 5.75. The van der Waals surface area contributed by atoms with Gasteiger partial charge in [0.25, 0.3) is 0 Å². The standard InChI is InChI=1S/C21H30N4O2/c1-16-7-9-18(10-8-16)21-24-23-20(27-21)12-11-19(26)22-13-5-15-25-14-4-3-6-17(25)2/h7-10,17H,3-6,11-15H2,1-2H3,(H,22,26). The molecule has 1 saturated heterocycles. The maximum absolute atomic E-state index is 12.0. The van der Waals surface area contributed by atoms with Gasteiger partial charge in [0.15, 0.2) is 0 Å². The van der Waals surface area contributed by atoms with Crippen LogP contribution in [0.3, 0.4) is 0 Å². The number of aryl methyl sites for hydroxylation is 2. The first kappa shape index (κ1) is 19.5. The summed E-state index contributed by atoms with van der Waals surface area (Å²) in [5.74, 6) is 1.04. The predicted molar refractivity (Wildman–Crippen MR) is 105 cm³/mol. The highest BCUT2D eigenvalue weighted by Crippen LogP contribution is 2.19. The van der Waals surface area contributed by atoms with Gasteiger partial charge in [0.1, 0.15) is 0 Å². The van der Waals surface area contributed by atoms with Gasteiger partial charge in [0.2, 0.25) is 17.7 Å². The van der Waals surface area contributed by atoms with Gasteiger partial charge in [-0.3, -0.25) is 4.79 Å². The van der Waals surface area contributed by atoms with Crippen LogP contribution in [0.1, 0.15) is 50.5 Å². The fraction of sp³-hybridized carbons (Fsp3) is 0.571. The number of nitrogens with zero attached hydrogens (tertiary/aromatic N) is 3. The minimum Gasteiger partial charge on any atom is -0.421 e. The predicted octanol–water partition coefficient (Wildman–Crippen LogP) is 3.36. The summed E-state index contributed by atoms with van der Waals surface area (Å²) < 4.78 is 5.67. The molecule has 0 bridgehead atoms. The van der Waals surface area contributed by atoms with E-state index in [0.717, 1.165) is 25.1 Å². The van der Waals surface area contributed by atoms with Crippen molar-refractivity contribution in [1.82, 2.24) is 20.4 Å². The van der Waals surface area contributed by atoms with E-state index in [2.05, 4.69) is 27.3 Å². The van der Waals surface area contributed by atoms with Gasteiger partial charge in [-0.2, -0.15) is 0 Å². The molecule has 146 valence electrons. The lowest BCUT2D eigenvalue weighted by atomic mass is 10.0. The third kappa shape index (κ3) is 5.89. The Kier molecular flexibility index (Phi) is 6.98. The minimum absolute atomic E-state index is 0.0387. The van der Waals surface area contributed by atoms with Gasteiger partial charge in [-0.15, -0.1) is 10.2 Å². The second kappa shape index (κ2) is 9.65. The fourth-order valence-electron chi connectivity index (χ4n) is 3.48. The quantitative estimate of drug-likeness (QED) is 0.722. The molecule has 0 saturated carbocycles. The number of hydrogen-bond acceptors (Lipinski definition) is 5. The number of nitrogens with one attached hydrogen (secondary N) is 1. The van der Waals surface area contributed by atoms with Crippen LogP contribution in [0.4, 0.5) is 0 Å². The topological polar surface area (TPSA) is 71.3 Å². The Labute approximate surface area is 161 Å². The van der Waals surface area contributed by atoms with Crippen LogP contribution >= 0.6 is 0 Å². The zero-order valence-electron chi connectivity index (χ0n) is 16.4. The molecule has 1 unspecified atom stereocenters. The van der Waals surface area contributed by atoms with Crippen LogP contribution in [0.2, 0.25) is 0 Å². The lowest BCUT2D eigenvalue weighted by Gasteiger charge is -2.33. The molecule has 27 heavy (non-hydrogen) atoms. The van der Waals surface area contributed by atoms with Crippen molar-refractivity contribution in [3.63, 3.8) is 0 Å². The van der Waals surface area contributed by atoms with Crippen molar-refractivity contribution in [3.8, 4) is 11.5 Å². The second-order valence-electron chi connectivity index (χ2n) is 7.45. The summed E-state index contributed by atoms with van der Waals surface area (Å²) in [6, 6.07) is 8.62. The molecule has 1 amide bonds. The Hall–Kier alpha value is -2.21. The molecule has 6 heteroatoms. The van der Waals surface area contributed by atoms with Gasteiger partial charge in [0, 0.05) is 37.5 Å². The van der Waals surface area contributed by atoms with Crippen molar-refractivity contribution in [2.75, 3.05) is 19.6 Å². The Morgan fingerprint density at radius 3 is 2.85 bits per heavy atom. The first-order valence-corrected chi connectivity index (χ1v) is 10.0. The van der Waals surface area contributed by atoms with Crippen LogP contribution in [0.15, 0.2) is 28.7 Å². The zero-order valence-corrected chi connectivity index (χ0v) is 16.4. The number of hydrogen-bond donors (Lipinski definition) is 1. The summed E-state index contributed by atoms with van der Waals surface area (Å²) in [5.41, 5.74) is 2.08. The average molecular weight is 370 g/mol. The zero-order chi connectivity index (χ0) is 19.1. The number of rotatable bonds is 8. The summed E-state index contributed by atoms with van der Waals surface area (Å²) in [5, 5.41) is 11.1. The van der Waals surface area contributed by atoms with Crippen LogP contribution in [0.25, 0.3) is 11.5 Å². The van der Waals surface area contributed by atoms with E-state index in [9.17, 15) is 4.79 Å². The van der Waals surface area contributed by atoms with E-state index in [-0.39, 0.29) is 5.91 Å². The summed E-state index contributed by atoms with van der Waals surface area (Å²) >= 11 is 0. The molecular formula is C21H30N4O2. The second-order valence-corrected chi connectivity index (χ2v) is 7.45. The van der Waals surface area contributed by atoms with E-state index < -0.39 is 0 Å². The lowest BCUT2D eigenvalue weighted by Crippen LogP contribution is -2.39. The van der Waals surface area contributed by atoms with E-state index >= 15 is 0 Å². The molecular weight excluding hydrogens is 340 g/mol. The molecule has 1 aromatic carbocycles. The number of piperidine rings is 1. The van der Waals surface area contributed by atoms with E-state index in [1.54, 1.807) is 0 Å². The van der Waals surface area contributed by atoms with Gasteiger partial charge in [0.05, 0.1) is 0 Å². The van der Waals surface area contributed by atoms with Crippen molar-refractivity contribution < 1.29 is 9.21 Å². The van der Waals surface area contributed by atoms with Gasteiger partial charge < -0.3 is 14.6 Å². The number of aromatic nitrogens is 2. The molecule has 3 rings (SSSR count). The molecule has 2 heterocycles. The first-order chi connectivity index (χ1) is 13.1. The van der Waals surface area contributed by atoms with E-state index in [4.69, 9.17) is 4.42 Å². The van der Waals surface area contributed by atoms with Gasteiger partial charge in [-0.25, -0.2) is 0 Å². The van der Waals surface area contributed by atoms with Crippen LogP contribution in [0, 0.1) is 6.92 Å². The maximum atomic E-state index is 12.0. The first-order valence-electron chi connectivity index (χ1n) is 10.0. The third-order valence-electron chi connectivity index (χ3n) is 5.22. The number of carbonyl (C=O) groups excluding carboxylic acids is 1. The van der Waals surface area contributed by atoms with Crippen molar-refractivity contribution in [1.29, 1.82) is 0 Å². The highest BCUT2D eigenvalue weighted by atomic mass is 16.4. The number of carbonyl (C=O) groups is 1. The smallest absolute Gasteiger partial charge is 0.247 e. The lowest BCUT2D eigenvalue weighted by molar-refractivity contribution is -0.121. The monoisotopic (exact) mass is 370 g/mol. The van der Waals surface area contributed by atoms with Crippen molar-refractivity contribution in [2.45, 2.75) is 58.4 Å². The highest BCUT2D eigenvalue weighted by Gasteiger charge is 2.17. The number of likely N-dealkylation sites (tertiary alicyclic amines) is 1. The van der Waals surface area contributed by atoms with E-state index in [1.807, 2.05) is 31.2 Å². The molecule has 2 aromatic rings. The molecule has 1 fully saturated rings. The average Bonchev–Trinajstić information content (AvgIpc) is 3.14. The minimum atomic E-state index is 0.0387. The van der Waals surface area contributed by atoms with E-state index in [0.29, 0.717) is 30.7 Å². The van der Waals surface area contributed by atoms with Crippen LogP contribution in [-0.2, 0) is 11.2 Å². The van der Waals surface area contributed by atoms with Crippen molar-refractivity contribution in [3.05, 3.63) is 35.7 Å². The normalized spacial score (nSPS) is 17.8. The summed E-state index contributed by atoms with van der Waals surface area (Å²) in [4.78, 5) is 14.6. The molecule has 6 nitrogen and oxygen atoms in total. The van der Waals surface area contributed by atoms with Crippen LogP contribution in [0.5, 0.6) is 0 Å². The van der Waals surface area contributed by atoms with E-state index in [1.165, 1.54) is 31.4 Å². The Bertz CT molecular complexity index is 726. The Morgan fingerprint density at radius 2 is 2.07 bits per heavy atom. The van der Waals surface area contributed by atoms with Crippen molar-refractivity contribution in [2.24, 2.45) is 0 Å². The van der Waals surface area contributed by atoms with Gasteiger partial charge in [-0.05, 0) is 51.8 Å². The Balaban J connectivity index is 1.35. The molecule has 0 radical (unpaired) electrons. The maximum Gasteiger partial charge on any atom is 0.247 e. The van der Waals surface area contributed by atoms with Crippen LogP contribution < -0.4 is 5.32 Å². The molecule has 1 atom stereocenters. The SMILES string of the molecule is Cc1ccc(-c2nnc(CCC(=O)NCCCN3CCCCC3C)o2)cc1. The Morgan fingerprint density at radius 1 is 1.26 bits per heavy atom. The molecule has 1 aliphatic heterocycles. The summed E-state index contributed by atoms with van der Waals surface area (Å²) in [6.07, 6.45) is 5.76. The number of benzene rings is 1. The van der Waals surface area contributed by atoms with Crippen molar-refractivity contribution >= 4 is 5.91 Å². The van der Waals surface area contributed by atoms with Gasteiger partial charge >= 0.3 is 0 Å². The fourth-order valence-corrected chi connectivity index (χ4v) is 3.48. The molecule has 1 aliphatic rings. The summed E-state index contributed by atoms with van der Waals surface area (Å²) in [6.45, 7) is 7.31. The molecule has 1 aromatic heterocycles. The largest absolute Gasteiger partial charge is 0.421 e. The van der Waals surface area contributed by atoms with Crippen LogP contribution in [-0.4, -0.2) is 46.7 Å². The molecule has 1 N–H and O–H groups in total. The number of amides is 1. The third-order valence-corrected chi connectivity index (χ3v) is 5.22. The summed E-state index contributed by atoms with van der Waals surface area (Å²) in [7, 11) is 0. The molecule has 0 aliphatic carbocycles. The van der Waals surface area contributed by atoms with Gasteiger partial charge in [-0.1, -0.05) is 24.1 Å².